The number of aromatic amines is 1. The van der Waals surface area contributed by atoms with Gasteiger partial charge < -0.3 is 15.5 Å². The van der Waals surface area contributed by atoms with Crippen molar-refractivity contribution in [2.45, 2.75) is 59.7 Å². The number of nitrogens with zero attached hydrogens (tertiary/aromatic N) is 8. The van der Waals surface area contributed by atoms with Crippen LogP contribution in [-0.2, 0) is 11.3 Å². The molecule has 0 saturated heterocycles. The number of nitrogen functional groups attached to an aromatic ring is 1. The van der Waals surface area contributed by atoms with Gasteiger partial charge in [-0.2, -0.15) is 15.2 Å². The molecular formula is C30H35ClN10O2. The number of halogens is 1. The Morgan fingerprint density at radius 2 is 1.67 bits per heavy atom. The Morgan fingerprint density at radius 1 is 1.00 bits per heavy atom. The number of anilines is 2. The van der Waals surface area contributed by atoms with Gasteiger partial charge in [0, 0.05) is 42.3 Å². The molecule has 0 aromatic carbocycles. The summed E-state index contributed by atoms with van der Waals surface area (Å²) in [6.07, 6.45) is 10.3. The molecule has 0 unspecified atom stereocenters. The van der Waals surface area contributed by atoms with Crippen LogP contribution in [0.5, 0.6) is 0 Å². The van der Waals surface area contributed by atoms with Crippen molar-refractivity contribution in [3.63, 3.8) is 0 Å². The number of ether oxygens (including phenoxy) is 1. The average molecular weight is 603 g/mol. The SMILES string of the molecule is CCn1cc(-c2ccc3c(n2)c(N)cn3N(C(=O)OC(C)(C)C)c2c[nH]c3ccc(-c4cnn(C(C)C)c4)nc23)cn1.Cl. The number of carbonyl (C=O) groups excluding carboxylic acids is 1. The highest BCUT2D eigenvalue weighted by Gasteiger charge is 2.29. The number of hydrogen-bond acceptors (Lipinski definition) is 7. The smallest absolute Gasteiger partial charge is 0.434 e. The Hall–Kier alpha value is -4.84. The van der Waals surface area contributed by atoms with Crippen molar-refractivity contribution in [2.75, 3.05) is 10.7 Å². The zero-order valence-electron chi connectivity index (χ0n) is 24.9. The largest absolute Gasteiger partial charge is 0.442 e. The van der Waals surface area contributed by atoms with E-state index < -0.39 is 11.7 Å². The summed E-state index contributed by atoms with van der Waals surface area (Å²) in [6.45, 7) is 12.4. The fraction of sp³-hybridized carbons (Fsp3) is 0.300. The van der Waals surface area contributed by atoms with Gasteiger partial charge in [-0.25, -0.2) is 19.4 Å². The molecule has 0 radical (unpaired) electrons. The van der Waals surface area contributed by atoms with Crippen LogP contribution in [-0.4, -0.2) is 50.9 Å². The van der Waals surface area contributed by atoms with E-state index in [9.17, 15) is 4.79 Å². The predicted octanol–water partition coefficient (Wildman–Crippen LogP) is 6.45. The lowest BCUT2D eigenvalue weighted by atomic mass is 10.2. The Kier molecular flexibility index (Phi) is 7.65. The third-order valence-electron chi connectivity index (χ3n) is 6.85. The second-order valence-electron chi connectivity index (χ2n) is 11.4. The molecule has 6 aromatic heterocycles. The number of rotatable bonds is 6. The minimum atomic E-state index is -0.745. The van der Waals surface area contributed by atoms with Crippen LogP contribution in [0.4, 0.5) is 16.2 Å². The highest BCUT2D eigenvalue weighted by atomic mass is 35.5. The molecule has 0 bridgehead atoms. The lowest BCUT2D eigenvalue weighted by Crippen LogP contribution is -2.40. The molecule has 3 N–H and O–H groups in total. The molecule has 0 spiro atoms. The van der Waals surface area contributed by atoms with Crippen molar-refractivity contribution in [3.05, 3.63) is 61.4 Å². The maximum absolute atomic E-state index is 13.9. The number of H-pyrrole nitrogens is 1. The van der Waals surface area contributed by atoms with Gasteiger partial charge in [-0.05, 0) is 65.8 Å². The number of fused-ring (bicyclic) bond motifs is 2. The van der Waals surface area contributed by atoms with Gasteiger partial charge in [0.1, 0.15) is 22.3 Å². The van der Waals surface area contributed by atoms with E-state index in [-0.39, 0.29) is 18.4 Å². The molecule has 0 atom stereocenters. The van der Waals surface area contributed by atoms with Crippen molar-refractivity contribution in [1.82, 2.24) is 39.2 Å². The van der Waals surface area contributed by atoms with Gasteiger partial charge in [-0.1, -0.05) is 0 Å². The molecule has 224 valence electrons. The minimum absolute atomic E-state index is 0. The Morgan fingerprint density at radius 3 is 2.33 bits per heavy atom. The second kappa shape index (κ2) is 11.1. The molecule has 6 aromatic rings. The zero-order chi connectivity index (χ0) is 29.8. The number of aryl methyl sites for hydroxylation is 1. The summed E-state index contributed by atoms with van der Waals surface area (Å²) in [7, 11) is 0. The van der Waals surface area contributed by atoms with Gasteiger partial charge in [-0.3, -0.25) is 9.36 Å². The van der Waals surface area contributed by atoms with Crippen molar-refractivity contribution in [2.24, 2.45) is 0 Å². The maximum atomic E-state index is 13.9. The van der Waals surface area contributed by atoms with Gasteiger partial charge in [0.2, 0.25) is 0 Å². The van der Waals surface area contributed by atoms with Crippen molar-refractivity contribution in [1.29, 1.82) is 0 Å². The van der Waals surface area contributed by atoms with Gasteiger partial charge in [-0.15, -0.1) is 12.4 Å². The first kappa shape index (κ1) is 29.6. The van der Waals surface area contributed by atoms with Crippen LogP contribution in [0.1, 0.15) is 47.6 Å². The maximum Gasteiger partial charge on any atom is 0.434 e. The molecule has 12 nitrogen and oxygen atoms in total. The van der Waals surface area contributed by atoms with E-state index >= 15 is 0 Å². The highest BCUT2D eigenvalue weighted by Crippen LogP contribution is 2.33. The Bertz CT molecular complexity index is 1920. The number of hydrogen-bond donors (Lipinski definition) is 2. The molecule has 6 rings (SSSR count). The van der Waals surface area contributed by atoms with E-state index in [0.717, 1.165) is 34.6 Å². The van der Waals surface area contributed by atoms with Gasteiger partial charge in [0.05, 0.1) is 46.7 Å². The predicted molar refractivity (Wildman–Crippen MR) is 170 cm³/mol. The highest BCUT2D eigenvalue weighted by molar-refractivity contribution is 6.01. The second-order valence-corrected chi connectivity index (χ2v) is 11.4. The van der Waals surface area contributed by atoms with Gasteiger partial charge in [0.15, 0.2) is 0 Å². The quantitative estimate of drug-likeness (QED) is 0.223. The third kappa shape index (κ3) is 5.53. The normalized spacial score (nSPS) is 11.8. The van der Waals surface area contributed by atoms with Crippen molar-refractivity contribution in [3.8, 4) is 22.5 Å². The lowest BCUT2D eigenvalue weighted by Gasteiger charge is -2.28. The van der Waals surface area contributed by atoms with Crippen molar-refractivity contribution < 1.29 is 9.53 Å². The monoisotopic (exact) mass is 602 g/mol. The Balaban J connectivity index is 0.00000368. The van der Waals surface area contributed by atoms with Crippen LogP contribution < -0.4 is 10.7 Å². The average Bonchev–Trinajstić information content (AvgIpc) is 3.74. The summed E-state index contributed by atoms with van der Waals surface area (Å²) in [5, 5.41) is 10.3. The Labute approximate surface area is 254 Å². The van der Waals surface area contributed by atoms with E-state index in [0.29, 0.717) is 27.9 Å². The molecule has 0 aliphatic carbocycles. The number of pyridine rings is 2. The molecule has 43 heavy (non-hydrogen) atoms. The van der Waals surface area contributed by atoms with Crippen LogP contribution in [0.15, 0.2) is 61.4 Å². The van der Waals surface area contributed by atoms with E-state index in [1.54, 1.807) is 29.5 Å². The fourth-order valence-electron chi connectivity index (χ4n) is 4.77. The summed E-state index contributed by atoms with van der Waals surface area (Å²) in [5.74, 6) is 0. The van der Waals surface area contributed by atoms with Crippen LogP contribution in [0.2, 0.25) is 0 Å². The lowest BCUT2D eigenvalue weighted by molar-refractivity contribution is 0.0566. The summed E-state index contributed by atoms with van der Waals surface area (Å²) >= 11 is 0. The molecule has 0 fully saturated rings. The van der Waals surface area contributed by atoms with Crippen molar-refractivity contribution >= 4 is 51.9 Å². The summed E-state index contributed by atoms with van der Waals surface area (Å²) < 4.78 is 11.3. The molecule has 0 saturated carbocycles. The fourth-order valence-corrected chi connectivity index (χ4v) is 4.77. The van der Waals surface area contributed by atoms with Gasteiger partial charge in [0.25, 0.3) is 0 Å². The molecule has 0 aliphatic rings. The number of carbonyl (C=O) groups is 1. The first-order chi connectivity index (χ1) is 20.0. The molecule has 13 heteroatoms. The van der Waals surface area contributed by atoms with Crippen LogP contribution >= 0.6 is 12.4 Å². The van der Waals surface area contributed by atoms with Crippen LogP contribution in [0.25, 0.3) is 44.6 Å². The summed E-state index contributed by atoms with van der Waals surface area (Å²) in [4.78, 5) is 26.9. The molecule has 6 heterocycles. The van der Waals surface area contributed by atoms with Crippen LogP contribution in [0, 0.1) is 0 Å². The topological polar surface area (TPSA) is 138 Å². The standard InChI is InChI=1S/C30H34N10O2.ClH/c1-7-37-15-19(12-33-37)23-10-11-25-27(35-23)21(31)17-39(25)40(29(41)42-30(4,5)6)26-14-32-24-9-8-22(36-28(24)26)20-13-34-38(16-20)18(2)3;/h8-18,32H,7,31H2,1-6H3;1H. The molecular weight excluding hydrogens is 568 g/mol. The van der Waals surface area contributed by atoms with Crippen LogP contribution in [0.3, 0.4) is 0 Å². The van der Waals surface area contributed by atoms with E-state index in [1.165, 1.54) is 5.01 Å². The van der Waals surface area contributed by atoms with Gasteiger partial charge >= 0.3 is 6.09 Å². The number of amides is 1. The summed E-state index contributed by atoms with van der Waals surface area (Å²) in [5.41, 5.74) is 12.4. The zero-order valence-corrected chi connectivity index (χ0v) is 25.8. The van der Waals surface area contributed by atoms with E-state index in [1.807, 2.05) is 73.7 Å². The minimum Gasteiger partial charge on any atom is -0.442 e. The number of nitrogens with one attached hydrogen (secondary N) is 1. The van der Waals surface area contributed by atoms with E-state index in [4.69, 9.17) is 20.4 Å². The summed E-state index contributed by atoms with van der Waals surface area (Å²) in [6, 6.07) is 7.87. The molecule has 0 aliphatic heterocycles. The first-order valence-corrected chi connectivity index (χ1v) is 13.9. The first-order valence-electron chi connectivity index (χ1n) is 13.9. The number of aromatic nitrogens is 8. The molecule has 1 amide bonds. The third-order valence-corrected chi connectivity index (χ3v) is 6.85. The number of nitrogens with two attached hydrogens (primary N) is 1. The van der Waals surface area contributed by atoms with E-state index in [2.05, 4.69) is 29.0 Å².